The quantitative estimate of drug-likeness (QED) is 0.782. The van der Waals surface area contributed by atoms with E-state index in [4.69, 9.17) is 9.84 Å². The Kier molecular flexibility index (Phi) is 5.70. The van der Waals surface area contributed by atoms with Crippen LogP contribution < -0.4 is 10.2 Å². The number of amides is 2. The van der Waals surface area contributed by atoms with Gasteiger partial charge in [0.15, 0.2) is 0 Å². The van der Waals surface area contributed by atoms with Crippen molar-refractivity contribution in [2.45, 2.75) is 25.3 Å². The highest BCUT2D eigenvalue weighted by atomic mass is 16.5. The van der Waals surface area contributed by atoms with Gasteiger partial charge >= 0.3 is 5.97 Å². The van der Waals surface area contributed by atoms with E-state index in [2.05, 4.69) is 5.32 Å². The molecule has 1 aliphatic heterocycles. The largest absolute Gasteiger partial charge is 0.480 e. The van der Waals surface area contributed by atoms with Crippen molar-refractivity contribution in [2.75, 3.05) is 25.2 Å². The number of aliphatic carboxylic acids is 1. The van der Waals surface area contributed by atoms with Crippen molar-refractivity contribution < 1.29 is 24.2 Å². The molecule has 0 spiro atoms. The zero-order valence-corrected chi connectivity index (χ0v) is 12.9. The molecule has 0 aromatic heterocycles. The molecule has 7 nitrogen and oxygen atoms in total. The summed E-state index contributed by atoms with van der Waals surface area (Å²) in [6.45, 7) is 0.870. The molecule has 1 aliphatic rings. The van der Waals surface area contributed by atoms with Gasteiger partial charge in [0.05, 0.1) is 0 Å². The van der Waals surface area contributed by atoms with Crippen LogP contribution in [0.3, 0.4) is 0 Å². The monoisotopic (exact) mass is 320 g/mol. The number of nitrogens with zero attached hydrogens (tertiary/aromatic N) is 1. The predicted molar refractivity (Wildman–Crippen MR) is 83.4 cm³/mol. The molecule has 2 N–H and O–H groups in total. The Labute approximate surface area is 134 Å². The van der Waals surface area contributed by atoms with E-state index in [9.17, 15) is 14.4 Å². The molecule has 2 rings (SSSR count). The standard InChI is InChI=1S/C16H20N2O5/c1-23-9-7-13(16(21)22)17-15(20)11-4-2-5-12(10-11)18-8-3-6-14(18)19/h2,4-5,10,13H,3,6-9H2,1H3,(H,17,20)(H,21,22). The smallest absolute Gasteiger partial charge is 0.326 e. The van der Waals surface area contributed by atoms with E-state index in [1.165, 1.54) is 7.11 Å². The first-order valence-electron chi connectivity index (χ1n) is 7.46. The van der Waals surface area contributed by atoms with E-state index in [1.54, 1.807) is 29.2 Å². The number of hydrogen-bond acceptors (Lipinski definition) is 4. The summed E-state index contributed by atoms with van der Waals surface area (Å²) in [7, 11) is 1.47. The first-order valence-corrected chi connectivity index (χ1v) is 7.46. The second-order valence-electron chi connectivity index (χ2n) is 5.35. The lowest BCUT2D eigenvalue weighted by molar-refractivity contribution is -0.139. The molecule has 1 saturated heterocycles. The topological polar surface area (TPSA) is 95.9 Å². The SMILES string of the molecule is COCCC(NC(=O)c1cccc(N2CCCC2=O)c1)C(=O)O. The van der Waals surface area contributed by atoms with Crippen molar-refractivity contribution >= 4 is 23.5 Å². The van der Waals surface area contributed by atoms with Gasteiger partial charge in [0.2, 0.25) is 5.91 Å². The molecular formula is C16H20N2O5. The van der Waals surface area contributed by atoms with E-state index < -0.39 is 17.9 Å². The van der Waals surface area contributed by atoms with Crippen molar-refractivity contribution in [1.82, 2.24) is 5.32 Å². The van der Waals surface area contributed by atoms with Gasteiger partial charge in [0.1, 0.15) is 6.04 Å². The molecule has 1 aromatic rings. The predicted octanol–water partition coefficient (Wildman–Crippen LogP) is 1.03. The number of carboxylic acid groups (broad SMARTS) is 1. The van der Waals surface area contributed by atoms with Gasteiger partial charge in [-0.25, -0.2) is 4.79 Å². The minimum absolute atomic E-state index is 0.0334. The summed E-state index contributed by atoms with van der Waals surface area (Å²) in [5.74, 6) is -1.56. The van der Waals surface area contributed by atoms with Gasteiger partial charge in [-0.2, -0.15) is 0 Å². The molecule has 23 heavy (non-hydrogen) atoms. The first kappa shape index (κ1) is 17.0. The lowest BCUT2D eigenvalue weighted by atomic mass is 10.1. The number of anilines is 1. The Hall–Kier alpha value is -2.41. The second-order valence-corrected chi connectivity index (χ2v) is 5.35. The number of methoxy groups -OCH3 is 1. The van der Waals surface area contributed by atoms with Crippen LogP contribution in [0.4, 0.5) is 5.69 Å². The summed E-state index contributed by atoms with van der Waals surface area (Å²) < 4.78 is 4.85. The normalized spacial score (nSPS) is 15.5. The summed E-state index contributed by atoms with van der Waals surface area (Å²) in [5.41, 5.74) is 0.981. The summed E-state index contributed by atoms with van der Waals surface area (Å²) >= 11 is 0. The molecule has 0 aliphatic carbocycles. The van der Waals surface area contributed by atoms with Crippen LogP contribution in [0.25, 0.3) is 0 Å². The summed E-state index contributed by atoms with van der Waals surface area (Å²) in [4.78, 5) is 36.8. The van der Waals surface area contributed by atoms with Crippen LogP contribution >= 0.6 is 0 Å². The van der Waals surface area contributed by atoms with E-state index >= 15 is 0 Å². The van der Waals surface area contributed by atoms with Gasteiger partial charge in [0.25, 0.3) is 5.91 Å². The number of carbonyl (C=O) groups excluding carboxylic acids is 2. The van der Waals surface area contributed by atoms with E-state index in [0.717, 1.165) is 6.42 Å². The van der Waals surface area contributed by atoms with Gasteiger partial charge < -0.3 is 20.1 Å². The average Bonchev–Trinajstić information content (AvgIpc) is 2.97. The molecule has 1 unspecified atom stereocenters. The maximum atomic E-state index is 12.3. The molecule has 2 amide bonds. The zero-order valence-electron chi connectivity index (χ0n) is 12.9. The third-order valence-corrected chi connectivity index (χ3v) is 3.71. The van der Waals surface area contributed by atoms with Crippen molar-refractivity contribution in [2.24, 2.45) is 0 Å². The van der Waals surface area contributed by atoms with E-state index in [-0.39, 0.29) is 18.9 Å². The van der Waals surface area contributed by atoms with E-state index in [0.29, 0.717) is 24.2 Å². The number of rotatable bonds is 7. The molecule has 0 radical (unpaired) electrons. The number of hydrogen-bond donors (Lipinski definition) is 2. The minimum Gasteiger partial charge on any atom is -0.480 e. The van der Waals surface area contributed by atoms with Crippen LogP contribution in [0.2, 0.25) is 0 Å². The lowest BCUT2D eigenvalue weighted by Gasteiger charge is -2.17. The maximum Gasteiger partial charge on any atom is 0.326 e. The fourth-order valence-corrected chi connectivity index (χ4v) is 2.47. The van der Waals surface area contributed by atoms with Crippen LogP contribution in [-0.2, 0) is 14.3 Å². The van der Waals surface area contributed by atoms with E-state index in [1.807, 2.05) is 0 Å². The molecule has 0 saturated carbocycles. The lowest BCUT2D eigenvalue weighted by Crippen LogP contribution is -2.41. The molecule has 124 valence electrons. The van der Waals surface area contributed by atoms with Crippen LogP contribution in [0.5, 0.6) is 0 Å². The fourth-order valence-electron chi connectivity index (χ4n) is 2.47. The molecular weight excluding hydrogens is 300 g/mol. The third kappa shape index (κ3) is 4.29. The minimum atomic E-state index is -1.11. The van der Waals surface area contributed by atoms with Crippen molar-refractivity contribution in [3.05, 3.63) is 29.8 Å². The number of nitrogens with one attached hydrogen (secondary N) is 1. The fraction of sp³-hybridized carbons (Fsp3) is 0.438. The van der Waals surface area contributed by atoms with Gasteiger partial charge in [-0.1, -0.05) is 6.07 Å². The van der Waals surface area contributed by atoms with Crippen LogP contribution in [0.15, 0.2) is 24.3 Å². The van der Waals surface area contributed by atoms with Crippen molar-refractivity contribution in [3.8, 4) is 0 Å². The number of carbonyl (C=O) groups is 3. The van der Waals surface area contributed by atoms with Crippen LogP contribution in [-0.4, -0.2) is 49.2 Å². The highest BCUT2D eigenvalue weighted by molar-refractivity contribution is 6.00. The molecule has 1 aromatic carbocycles. The Morgan fingerprint density at radius 1 is 1.43 bits per heavy atom. The maximum absolute atomic E-state index is 12.3. The Balaban J connectivity index is 2.09. The molecule has 0 bridgehead atoms. The molecule has 1 heterocycles. The summed E-state index contributed by atoms with van der Waals surface area (Å²) in [6, 6.07) is 5.63. The van der Waals surface area contributed by atoms with Gasteiger partial charge in [-0.3, -0.25) is 9.59 Å². The van der Waals surface area contributed by atoms with Crippen molar-refractivity contribution in [3.63, 3.8) is 0 Å². The number of carboxylic acids is 1. The number of ether oxygens (including phenoxy) is 1. The van der Waals surface area contributed by atoms with Crippen molar-refractivity contribution in [1.29, 1.82) is 0 Å². The van der Waals surface area contributed by atoms with Crippen LogP contribution in [0.1, 0.15) is 29.6 Å². The highest BCUT2D eigenvalue weighted by Crippen LogP contribution is 2.22. The first-order chi connectivity index (χ1) is 11.0. The Morgan fingerprint density at radius 3 is 2.83 bits per heavy atom. The third-order valence-electron chi connectivity index (χ3n) is 3.71. The second kappa shape index (κ2) is 7.73. The Morgan fingerprint density at radius 2 is 2.22 bits per heavy atom. The summed E-state index contributed by atoms with van der Waals surface area (Å²) in [6.07, 6.45) is 1.49. The summed E-state index contributed by atoms with van der Waals surface area (Å²) in [5, 5.41) is 11.6. The van der Waals surface area contributed by atoms with Gasteiger partial charge in [0, 0.05) is 44.4 Å². The zero-order chi connectivity index (χ0) is 16.8. The molecule has 7 heteroatoms. The van der Waals surface area contributed by atoms with Gasteiger partial charge in [-0.15, -0.1) is 0 Å². The molecule has 1 atom stereocenters. The number of benzene rings is 1. The van der Waals surface area contributed by atoms with Crippen LogP contribution in [0, 0.1) is 0 Å². The molecule has 1 fully saturated rings. The average molecular weight is 320 g/mol. The highest BCUT2D eigenvalue weighted by Gasteiger charge is 2.24. The van der Waals surface area contributed by atoms with Gasteiger partial charge in [-0.05, 0) is 24.6 Å². The Bertz CT molecular complexity index is 602.